The Bertz CT molecular complexity index is 933. The van der Waals surface area contributed by atoms with Gasteiger partial charge in [-0.25, -0.2) is 9.38 Å². The third-order valence-electron chi connectivity index (χ3n) is 4.77. The number of aryl methyl sites for hydroxylation is 1. The van der Waals surface area contributed by atoms with Gasteiger partial charge in [0, 0.05) is 13.1 Å². The molecule has 0 aliphatic heterocycles. The van der Waals surface area contributed by atoms with E-state index in [9.17, 15) is 9.18 Å². The number of carbonyl (C=O) groups is 1. The van der Waals surface area contributed by atoms with Crippen LogP contribution in [0.3, 0.4) is 0 Å². The van der Waals surface area contributed by atoms with E-state index in [1.807, 2.05) is 39.0 Å². The second-order valence-corrected chi connectivity index (χ2v) is 7.30. The van der Waals surface area contributed by atoms with Crippen molar-refractivity contribution < 1.29 is 18.7 Å². The smallest absolute Gasteiger partial charge is 0.257 e. The molecular weight excluding hydrogens is 411 g/mol. The van der Waals surface area contributed by atoms with Gasteiger partial charge in [0.25, 0.3) is 5.91 Å². The summed E-state index contributed by atoms with van der Waals surface area (Å²) in [7, 11) is 1.55. The summed E-state index contributed by atoms with van der Waals surface area (Å²) in [5, 5.41) is 9.20. The molecule has 0 saturated heterocycles. The highest BCUT2D eigenvalue weighted by Gasteiger charge is 2.11. The molecular formula is C24H33FN4O3. The molecule has 0 radical (unpaired) electrons. The summed E-state index contributed by atoms with van der Waals surface area (Å²) in [6, 6.07) is 10.6. The predicted molar refractivity (Wildman–Crippen MR) is 125 cm³/mol. The molecule has 8 heteroatoms. The topological polar surface area (TPSA) is 84.0 Å². The van der Waals surface area contributed by atoms with Gasteiger partial charge in [-0.05, 0) is 62.6 Å². The van der Waals surface area contributed by atoms with Crippen LogP contribution in [-0.2, 0) is 11.3 Å². The van der Waals surface area contributed by atoms with E-state index in [0.717, 1.165) is 11.1 Å². The average Bonchev–Trinajstić information content (AvgIpc) is 2.78. The van der Waals surface area contributed by atoms with Crippen LogP contribution in [0.4, 0.5) is 4.39 Å². The van der Waals surface area contributed by atoms with Crippen LogP contribution in [0.2, 0.25) is 0 Å². The lowest BCUT2D eigenvalue weighted by Crippen LogP contribution is -2.38. The quantitative estimate of drug-likeness (QED) is 0.386. The van der Waals surface area contributed by atoms with Crippen LogP contribution in [0.1, 0.15) is 43.5 Å². The largest absolute Gasteiger partial charge is 0.493 e. The van der Waals surface area contributed by atoms with Gasteiger partial charge < -0.3 is 25.4 Å². The standard InChI is InChI=1S/C24H33FN4O3/c1-6-26-23(30)15-32-21-11-9-18(12-22(21)31-5)14-28-24(27-7-2)29-17(4)19-10-8-16(3)20(25)13-19/h8-13,17H,6-7,14-15H2,1-5H3,(H,26,30)(H2,27,28,29). The highest BCUT2D eigenvalue weighted by molar-refractivity contribution is 5.80. The Kier molecular flexibility index (Phi) is 9.78. The number of amides is 1. The Hall–Kier alpha value is -3.29. The molecule has 7 nitrogen and oxygen atoms in total. The maximum Gasteiger partial charge on any atom is 0.257 e. The van der Waals surface area contributed by atoms with E-state index in [1.54, 1.807) is 32.2 Å². The molecule has 2 aromatic carbocycles. The fraction of sp³-hybridized carbons (Fsp3) is 0.417. The molecule has 0 spiro atoms. The molecule has 0 aliphatic carbocycles. The van der Waals surface area contributed by atoms with Crippen LogP contribution < -0.4 is 25.4 Å². The Morgan fingerprint density at radius 3 is 2.50 bits per heavy atom. The van der Waals surface area contributed by atoms with Crippen molar-refractivity contribution in [3.8, 4) is 11.5 Å². The normalized spacial score (nSPS) is 12.1. The number of guanidine groups is 1. The summed E-state index contributed by atoms with van der Waals surface area (Å²) in [4.78, 5) is 16.3. The monoisotopic (exact) mass is 444 g/mol. The van der Waals surface area contributed by atoms with Crippen molar-refractivity contribution in [3.63, 3.8) is 0 Å². The lowest BCUT2D eigenvalue weighted by atomic mass is 10.1. The van der Waals surface area contributed by atoms with Gasteiger partial charge in [-0.1, -0.05) is 18.2 Å². The number of rotatable bonds is 10. The molecule has 0 aromatic heterocycles. The Morgan fingerprint density at radius 1 is 1.09 bits per heavy atom. The predicted octanol–water partition coefficient (Wildman–Crippen LogP) is 3.47. The number of nitrogens with zero attached hydrogens (tertiary/aromatic N) is 1. The third-order valence-corrected chi connectivity index (χ3v) is 4.77. The van der Waals surface area contributed by atoms with Crippen molar-refractivity contribution in [1.29, 1.82) is 0 Å². The average molecular weight is 445 g/mol. The van der Waals surface area contributed by atoms with Crippen LogP contribution >= 0.6 is 0 Å². The zero-order chi connectivity index (χ0) is 23.5. The van der Waals surface area contributed by atoms with Gasteiger partial charge in [0.05, 0.1) is 19.7 Å². The maximum atomic E-state index is 13.9. The number of halogens is 1. The maximum absolute atomic E-state index is 13.9. The second kappa shape index (κ2) is 12.5. The number of hydrogen-bond donors (Lipinski definition) is 3. The first kappa shape index (κ1) is 25.0. The van der Waals surface area contributed by atoms with Crippen LogP contribution in [-0.4, -0.2) is 38.7 Å². The SMILES string of the molecule is CCNC(=O)COc1ccc(CN=C(NCC)NC(C)c2ccc(C)c(F)c2)cc1OC. The molecule has 0 saturated carbocycles. The summed E-state index contributed by atoms with van der Waals surface area (Å²) >= 11 is 0. The van der Waals surface area contributed by atoms with E-state index >= 15 is 0 Å². The Morgan fingerprint density at radius 2 is 1.84 bits per heavy atom. The van der Waals surface area contributed by atoms with Crippen molar-refractivity contribution >= 4 is 11.9 Å². The van der Waals surface area contributed by atoms with Gasteiger partial charge in [0.1, 0.15) is 5.82 Å². The number of hydrogen-bond acceptors (Lipinski definition) is 4. The zero-order valence-electron chi connectivity index (χ0n) is 19.4. The molecule has 0 aliphatic rings. The number of benzene rings is 2. The Balaban J connectivity index is 2.07. The van der Waals surface area contributed by atoms with Crippen molar-refractivity contribution in [2.24, 2.45) is 4.99 Å². The number of ether oxygens (including phenoxy) is 2. The summed E-state index contributed by atoms with van der Waals surface area (Å²) in [6.45, 7) is 9.10. The van der Waals surface area contributed by atoms with E-state index in [4.69, 9.17) is 9.47 Å². The zero-order valence-corrected chi connectivity index (χ0v) is 19.4. The first-order valence-corrected chi connectivity index (χ1v) is 10.7. The van der Waals surface area contributed by atoms with Crippen molar-refractivity contribution in [2.75, 3.05) is 26.8 Å². The van der Waals surface area contributed by atoms with Gasteiger partial charge in [-0.15, -0.1) is 0 Å². The molecule has 1 amide bonds. The van der Waals surface area contributed by atoms with Gasteiger partial charge in [0.2, 0.25) is 0 Å². The van der Waals surface area contributed by atoms with E-state index in [2.05, 4.69) is 20.9 Å². The molecule has 1 atom stereocenters. The first-order valence-electron chi connectivity index (χ1n) is 10.7. The fourth-order valence-electron chi connectivity index (χ4n) is 2.98. The van der Waals surface area contributed by atoms with E-state index in [1.165, 1.54) is 0 Å². The highest BCUT2D eigenvalue weighted by atomic mass is 19.1. The molecule has 3 N–H and O–H groups in total. The Labute approximate surface area is 189 Å². The van der Waals surface area contributed by atoms with E-state index in [-0.39, 0.29) is 24.4 Å². The minimum atomic E-state index is -0.223. The number of nitrogens with one attached hydrogen (secondary N) is 3. The lowest BCUT2D eigenvalue weighted by molar-refractivity contribution is -0.123. The first-order chi connectivity index (χ1) is 15.4. The van der Waals surface area contributed by atoms with Gasteiger partial charge >= 0.3 is 0 Å². The summed E-state index contributed by atoms with van der Waals surface area (Å²) < 4.78 is 24.9. The van der Waals surface area contributed by atoms with Gasteiger partial charge in [-0.3, -0.25) is 4.79 Å². The lowest BCUT2D eigenvalue weighted by Gasteiger charge is -2.19. The van der Waals surface area contributed by atoms with Gasteiger partial charge in [-0.2, -0.15) is 0 Å². The van der Waals surface area contributed by atoms with E-state index in [0.29, 0.717) is 42.7 Å². The number of likely N-dealkylation sites (N-methyl/N-ethyl adjacent to an activating group) is 1. The van der Waals surface area contributed by atoms with Crippen molar-refractivity contribution in [2.45, 2.75) is 40.3 Å². The summed E-state index contributed by atoms with van der Waals surface area (Å²) in [6.07, 6.45) is 0. The van der Waals surface area contributed by atoms with Gasteiger partial charge in [0.15, 0.2) is 24.1 Å². The van der Waals surface area contributed by atoms with Crippen LogP contribution in [0, 0.1) is 12.7 Å². The molecule has 174 valence electrons. The number of carbonyl (C=O) groups excluding carboxylic acids is 1. The van der Waals surface area contributed by atoms with E-state index < -0.39 is 0 Å². The molecule has 0 fully saturated rings. The minimum absolute atomic E-state index is 0.0757. The summed E-state index contributed by atoms with van der Waals surface area (Å²) in [5.74, 6) is 1.23. The van der Waals surface area contributed by atoms with Crippen LogP contribution in [0.25, 0.3) is 0 Å². The molecule has 2 rings (SSSR count). The highest BCUT2D eigenvalue weighted by Crippen LogP contribution is 2.28. The second-order valence-electron chi connectivity index (χ2n) is 7.30. The minimum Gasteiger partial charge on any atom is -0.493 e. The molecule has 0 heterocycles. The summed E-state index contributed by atoms with van der Waals surface area (Å²) in [5.41, 5.74) is 2.38. The van der Waals surface area contributed by atoms with Crippen molar-refractivity contribution in [1.82, 2.24) is 16.0 Å². The van der Waals surface area contributed by atoms with Crippen molar-refractivity contribution in [3.05, 3.63) is 58.9 Å². The molecule has 0 bridgehead atoms. The number of aliphatic imine (C=N–C) groups is 1. The third kappa shape index (κ3) is 7.44. The fourth-order valence-corrected chi connectivity index (χ4v) is 2.98. The molecule has 32 heavy (non-hydrogen) atoms. The number of methoxy groups -OCH3 is 1. The molecule has 1 unspecified atom stereocenters. The van der Waals surface area contributed by atoms with Crippen LogP contribution in [0.15, 0.2) is 41.4 Å². The molecule has 2 aromatic rings. The van der Waals surface area contributed by atoms with Crippen LogP contribution in [0.5, 0.6) is 11.5 Å².